The first-order valence-electron chi connectivity index (χ1n) is 5.26. The molecule has 0 unspecified atom stereocenters. The topological polar surface area (TPSA) is 64.5 Å². The number of hydrogen-bond donors (Lipinski definition) is 1. The van der Waals surface area contributed by atoms with Crippen LogP contribution in [0.15, 0.2) is 33.5 Å². The van der Waals surface area contributed by atoms with E-state index in [1.165, 1.54) is 12.4 Å². The van der Waals surface area contributed by atoms with Crippen molar-refractivity contribution in [3.63, 3.8) is 0 Å². The zero-order valence-corrected chi connectivity index (χ0v) is 13.1. The van der Waals surface area contributed by atoms with E-state index in [1.807, 2.05) is 0 Å². The highest BCUT2D eigenvalue weighted by atomic mass is 79.9. The highest BCUT2D eigenvalue weighted by Gasteiger charge is 2.10. The molecule has 0 spiro atoms. The van der Waals surface area contributed by atoms with Gasteiger partial charge in [0.25, 0.3) is 0 Å². The summed E-state index contributed by atoms with van der Waals surface area (Å²) in [6.07, 6.45) is 2.95. The molecule has 0 amide bonds. The third-order valence-electron chi connectivity index (χ3n) is 2.25. The summed E-state index contributed by atoms with van der Waals surface area (Å²) >= 11 is 6.77. The number of benzene rings is 1. The van der Waals surface area contributed by atoms with E-state index in [0.717, 1.165) is 8.95 Å². The zero-order chi connectivity index (χ0) is 13.8. The van der Waals surface area contributed by atoms with Crippen LogP contribution < -0.4 is 9.47 Å². The second kappa shape index (κ2) is 6.31. The molecular formula is C12H10Br2N2O3. The lowest BCUT2D eigenvalue weighted by Gasteiger charge is -2.10. The van der Waals surface area contributed by atoms with Crippen molar-refractivity contribution < 1.29 is 14.6 Å². The Bertz CT molecular complexity index is 593. The number of aromatic nitrogens is 2. The quantitative estimate of drug-likeness (QED) is 0.869. The van der Waals surface area contributed by atoms with Crippen LogP contribution in [-0.2, 0) is 6.61 Å². The predicted octanol–water partition coefficient (Wildman–Crippen LogP) is 3.29. The molecule has 0 bridgehead atoms. The van der Waals surface area contributed by atoms with Gasteiger partial charge in [0.2, 0.25) is 5.88 Å². The molecule has 0 aliphatic heterocycles. The second-order valence-corrected chi connectivity index (χ2v) is 5.23. The van der Waals surface area contributed by atoms with Crippen LogP contribution in [0.2, 0.25) is 0 Å². The van der Waals surface area contributed by atoms with Gasteiger partial charge in [-0.3, -0.25) is 4.98 Å². The molecule has 1 heterocycles. The molecule has 0 aliphatic carbocycles. The number of aliphatic hydroxyl groups excluding tert-OH is 1. The maximum absolute atomic E-state index is 9.00. The molecule has 1 aromatic heterocycles. The Morgan fingerprint density at radius 2 is 1.84 bits per heavy atom. The first-order chi connectivity index (χ1) is 9.13. The van der Waals surface area contributed by atoms with Crippen LogP contribution in [0.1, 0.15) is 5.69 Å². The van der Waals surface area contributed by atoms with Crippen LogP contribution >= 0.6 is 31.9 Å². The molecular weight excluding hydrogens is 380 g/mol. The van der Waals surface area contributed by atoms with Crippen LogP contribution in [0.5, 0.6) is 17.4 Å². The molecule has 0 saturated carbocycles. The summed E-state index contributed by atoms with van der Waals surface area (Å²) in [5.41, 5.74) is 0.446. The fourth-order valence-corrected chi connectivity index (χ4v) is 2.26. The number of nitrogens with zero attached hydrogens (tertiary/aromatic N) is 2. The van der Waals surface area contributed by atoms with Gasteiger partial charge in [0, 0.05) is 0 Å². The SMILES string of the molecule is COc1cc(Br)c(Oc2cncc(CO)n2)cc1Br. The van der Waals surface area contributed by atoms with E-state index in [0.29, 0.717) is 23.1 Å². The van der Waals surface area contributed by atoms with E-state index < -0.39 is 0 Å². The minimum Gasteiger partial charge on any atom is -0.496 e. The van der Waals surface area contributed by atoms with E-state index >= 15 is 0 Å². The van der Waals surface area contributed by atoms with Crippen molar-refractivity contribution >= 4 is 31.9 Å². The molecule has 2 aromatic rings. The maximum atomic E-state index is 9.00. The van der Waals surface area contributed by atoms with Gasteiger partial charge in [0.1, 0.15) is 11.5 Å². The summed E-state index contributed by atoms with van der Waals surface area (Å²) in [5, 5.41) is 9.00. The number of methoxy groups -OCH3 is 1. The van der Waals surface area contributed by atoms with E-state index in [-0.39, 0.29) is 6.61 Å². The molecule has 2 rings (SSSR count). The van der Waals surface area contributed by atoms with Gasteiger partial charge in [-0.05, 0) is 44.0 Å². The van der Waals surface area contributed by atoms with Crippen molar-refractivity contribution in [1.29, 1.82) is 0 Å². The first-order valence-corrected chi connectivity index (χ1v) is 6.85. The summed E-state index contributed by atoms with van der Waals surface area (Å²) < 4.78 is 12.3. The highest BCUT2D eigenvalue weighted by molar-refractivity contribution is 9.11. The molecule has 0 aliphatic rings. The van der Waals surface area contributed by atoms with Crippen molar-refractivity contribution in [2.24, 2.45) is 0 Å². The van der Waals surface area contributed by atoms with E-state index in [2.05, 4.69) is 41.8 Å². The van der Waals surface area contributed by atoms with Crippen LogP contribution in [-0.4, -0.2) is 22.2 Å². The van der Waals surface area contributed by atoms with Gasteiger partial charge >= 0.3 is 0 Å². The van der Waals surface area contributed by atoms with Crippen molar-refractivity contribution in [2.45, 2.75) is 6.61 Å². The third-order valence-corrected chi connectivity index (χ3v) is 3.48. The zero-order valence-electron chi connectivity index (χ0n) is 9.93. The lowest BCUT2D eigenvalue weighted by atomic mass is 10.3. The van der Waals surface area contributed by atoms with Crippen molar-refractivity contribution in [3.05, 3.63) is 39.2 Å². The average Bonchev–Trinajstić information content (AvgIpc) is 2.42. The fourth-order valence-electron chi connectivity index (χ4n) is 1.37. The standard InChI is InChI=1S/C12H10Br2N2O3/c1-18-10-2-9(14)11(3-8(10)13)19-12-5-15-4-7(6-17)16-12/h2-5,17H,6H2,1H3. The van der Waals surface area contributed by atoms with Crippen LogP contribution in [0.4, 0.5) is 0 Å². The number of hydrogen-bond acceptors (Lipinski definition) is 5. The Morgan fingerprint density at radius 3 is 2.53 bits per heavy atom. The summed E-state index contributed by atoms with van der Waals surface area (Å²) in [7, 11) is 1.59. The van der Waals surface area contributed by atoms with Gasteiger partial charge in [-0.2, -0.15) is 0 Å². The molecule has 0 atom stereocenters. The lowest BCUT2D eigenvalue weighted by Crippen LogP contribution is -1.95. The van der Waals surface area contributed by atoms with Crippen LogP contribution in [0.3, 0.4) is 0 Å². The summed E-state index contributed by atoms with van der Waals surface area (Å²) in [6.45, 7) is -0.183. The third kappa shape index (κ3) is 3.43. The molecule has 0 fully saturated rings. The maximum Gasteiger partial charge on any atom is 0.238 e. The number of rotatable bonds is 4. The van der Waals surface area contributed by atoms with E-state index in [9.17, 15) is 0 Å². The van der Waals surface area contributed by atoms with Crippen molar-refractivity contribution in [1.82, 2.24) is 9.97 Å². The van der Waals surface area contributed by atoms with Crippen LogP contribution in [0.25, 0.3) is 0 Å². The monoisotopic (exact) mass is 388 g/mol. The largest absolute Gasteiger partial charge is 0.496 e. The molecule has 7 heteroatoms. The first kappa shape index (κ1) is 14.2. The molecule has 1 N–H and O–H groups in total. The van der Waals surface area contributed by atoms with E-state index in [4.69, 9.17) is 14.6 Å². The Labute approximate surface area is 126 Å². The van der Waals surface area contributed by atoms with E-state index in [1.54, 1.807) is 19.2 Å². The average molecular weight is 390 g/mol. The molecule has 0 radical (unpaired) electrons. The van der Waals surface area contributed by atoms with Gasteiger partial charge in [-0.15, -0.1) is 0 Å². The number of aliphatic hydroxyl groups is 1. The van der Waals surface area contributed by atoms with Crippen LogP contribution in [0, 0.1) is 0 Å². The lowest BCUT2D eigenvalue weighted by molar-refractivity contribution is 0.274. The molecule has 100 valence electrons. The normalized spacial score (nSPS) is 10.3. The van der Waals surface area contributed by atoms with Gasteiger partial charge in [-0.25, -0.2) is 4.98 Å². The minimum atomic E-state index is -0.183. The van der Waals surface area contributed by atoms with Crippen molar-refractivity contribution in [3.8, 4) is 17.4 Å². The minimum absolute atomic E-state index is 0.183. The van der Waals surface area contributed by atoms with Gasteiger partial charge in [0.05, 0.1) is 40.7 Å². The predicted molar refractivity (Wildman–Crippen MR) is 76.4 cm³/mol. The summed E-state index contributed by atoms with van der Waals surface area (Å²) in [5.74, 6) is 1.57. The van der Waals surface area contributed by atoms with Gasteiger partial charge < -0.3 is 14.6 Å². The second-order valence-electron chi connectivity index (χ2n) is 3.53. The highest BCUT2D eigenvalue weighted by Crippen LogP contribution is 2.37. The van der Waals surface area contributed by atoms with Gasteiger partial charge in [-0.1, -0.05) is 0 Å². The smallest absolute Gasteiger partial charge is 0.238 e. The summed E-state index contributed by atoms with van der Waals surface area (Å²) in [6, 6.07) is 3.54. The fraction of sp³-hybridized carbons (Fsp3) is 0.167. The number of ether oxygens (including phenoxy) is 2. The molecule has 19 heavy (non-hydrogen) atoms. The Balaban J connectivity index is 2.30. The Hall–Kier alpha value is -1.18. The Kier molecular flexibility index (Phi) is 4.73. The molecule has 0 saturated heterocycles. The Morgan fingerprint density at radius 1 is 1.16 bits per heavy atom. The molecule has 5 nitrogen and oxygen atoms in total. The van der Waals surface area contributed by atoms with Gasteiger partial charge in [0.15, 0.2) is 0 Å². The number of halogens is 2. The van der Waals surface area contributed by atoms with Crippen molar-refractivity contribution in [2.75, 3.05) is 7.11 Å². The molecule has 1 aromatic carbocycles. The summed E-state index contributed by atoms with van der Waals surface area (Å²) in [4.78, 5) is 8.04.